The number of hydrogen-bond acceptors (Lipinski definition) is 3. The van der Waals surface area contributed by atoms with E-state index in [2.05, 4.69) is 4.90 Å². The maximum absolute atomic E-state index is 13.5. The molecule has 1 unspecified atom stereocenters. The summed E-state index contributed by atoms with van der Waals surface area (Å²) in [6.45, 7) is 3.15. The first-order chi connectivity index (χ1) is 10.6. The van der Waals surface area contributed by atoms with Gasteiger partial charge in [0, 0.05) is 13.1 Å². The number of halogens is 2. The van der Waals surface area contributed by atoms with Crippen LogP contribution in [-0.4, -0.2) is 30.6 Å². The molecule has 0 saturated carbocycles. The standard InChI is InChI=1S/C18H20FNO2.ClH/c1-14(12-20(2)13-15-8-4-3-5-9-15)22-18(21)16-10-6-7-11-17(16)19;/h3-11,14H,12-13H2,1-2H3;1H/p-1. The third-order valence-corrected chi connectivity index (χ3v) is 3.27. The van der Waals surface area contributed by atoms with Crippen LogP contribution >= 0.6 is 0 Å². The molecule has 0 aromatic heterocycles. The zero-order chi connectivity index (χ0) is 15.9. The maximum atomic E-state index is 13.5. The number of hydrogen-bond donors (Lipinski definition) is 0. The lowest BCUT2D eigenvalue weighted by Gasteiger charge is -2.21. The van der Waals surface area contributed by atoms with Crippen molar-refractivity contribution in [3.8, 4) is 0 Å². The summed E-state index contributed by atoms with van der Waals surface area (Å²) in [6, 6.07) is 15.9. The topological polar surface area (TPSA) is 29.5 Å². The fourth-order valence-corrected chi connectivity index (χ4v) is 2.31. The number of rotatable bonds is 6. The van der Waals surface area contributed by atoms with E-state index in [1.54, 1.807) is 19.1 Å². The van der Waals surface area contributed by atoms with Crippen molar-refractivity contribution in [3.63, 3.8) is 0 Å². The van der Waals surface area contributed by atoms with Crippen molar-refractivity contribution < 1.29 is 26.3 Å². The minimum absolute atomic E-state index is 0. The molecule has 0 N–H and O–H groups in total. The van der Waals surface area contributed by atoms with Crippen molar-refractivity contribution in [3.05, 3.63) is 71.5 Å². The molecule has 2 aromatic rings. The Balaban J connectivity index is 0.00000264. The molecule has 0 fully saturated rings. The molecule has 0 aliphatic carbocycles. The first kappa shape index (κ1) is 19.1. The van der Waals surface area contributed by atoms with Crippen LogP contribution in [0.3, 0.4) is 0 Å². The number of ether oxygens (including phenoxy) is 1. The summed E-state index contributed by atoms with van der Waals surface area (Å²) in [5.41, 5.74) is 1.16. The lowest BCUT2D eigenvalue weighted by atomic mass is 10.2. The average molecular weight is 337 g/mol. The minimum Gasteiger partial charge on any atom is -1.00 e. The summed E-state index contributed by atoms with van der Waals surface area (Å²) < 4.78 is 18.8. The van der Waals surface area contributed by atoms with Crippen LogP contribution in [0.4, 0.5) is 4.39 Å². The molecule has 2 rings (SSSR count). The molecule has 1 atom stereocenters. The van der Waals surface area contributed by atoms with Crippen LogP contribution in [0.25, 0.3) is 0 Å². The quantitative estimate of drug-likeness (QED) is 0.720. The Morgan fingerprint density at radius 1 is 1.13 bits per heavy atom. The molecule has 0 saturated heterocycles. The molecule has 0 aliphatic heterocycles. The van der Waals surface area contributed by atoms with Crippen molar-refractivity contribution in [2.24, 2.45) is 0 Å². The molecule has 0 radical (unpaired) electrons. The van der Waals surface area contributed by atoms with Gasteiger partial charge in [-0.15, -0.1) is 0 Å². The van der Waals surface area contributed by atoms with E-state index >= 15 is 0 Å². The molecule has 0 bridgehead atoms. The minimum atomic E-state index is -0.626. The van der Waals surface area contributed by atoms with Gasteiger partial charge in [-0.3, -0.25) is 4.90 Å². The van der Waals surface area contributed by atoms with E-state index in [9.17, 15) is 9.18 Å². The average Bonchev–Trinajstić information content (AvgIpc) is 2.48. The number of likely N-dealkylation sites (N-methyl/N-ethyl adjacent to an activating group) is 1. The predicted octanol–water partition coefficient (Wildman–Crippen LogP) is 0.507. The van der Waals surface area contributed by atoms with Gasteiger partial charge < -0.3 is 17.1 Å². The molecule has 124 valence electrons. The molecule has 2 aromatic carbocycles. The number of nitrogens with zero attached hydrogens (tertiary/aromatic N) is 1. The fraction of sp³-hybridized carbons (Fsp3) is 0.278. The highest BCUT2D eigenvalue weighted by atomic mass is 35.5. The lowest BCUT2D eigenvalue weighted by Crippen LogP contribution is -3.00. The van der Waals surface area contributed by atoms with Crippen LogP contribution in [0.1, 0.15) is 22.8 Å². The van der Waals surface area contributed by atoms with Crippen LogP contribution in [0, 0.1) is 5.82 Å². The normalized spacial score (nSPS) is 11.7. The van der Waals surface area contributed by atoms with Crippen molar-refractivity contribution in [1.82, 2.24) is 4.90 Å². The van der Waals surface area contributed by atoms with E-state index in [4.69, 9.17) is 4.74 Å². The molecule has 0 heterocycles. The number of benzene rings is 2. The zero-order valence-electron chi connectivity index (χ0n) is 13.2. The lowest BCUT2D eigenvalue weighted by molar-refractivity contribution is -0.0000449. The molecule has 0 aliphatic rings. The van der Waals surface area contributed by atoms with E-state index in [0.717, 1.165) is 6.54 Å². The Labute approximate surface area is 142 Å². The highest BCUT2D eigenvalue weighted by molar-refractivity contribution is 5.89. The van der Waals surface area contributed by atoms with Gasteiger partial charge in [-0.25, -0.2) is 9.18 Å². The van der Waals surface area contributed by atoms with Gasteiger partial charge in [0.15, 0.2) is 0 Å². The van der Waals surface area contributed by atoms with Gasteiger partial charge in [-0.1, -0.05) is 42.5 Å². The Bertz CT molecular complexity index is 621. The molecular weight excluding hydrogens is 317 g/mol. The molecule has 23 heavy (non-hydrogen) atoms. The Hall–Kier alpha value is -1.91. The van der Waals surface area contributed by atoms with Gasteiger partial charge in [0.2, 0.25) is 0 Å². The second-order valence-corrected chi connectivity index (χ2v) is 5.38. The summed E-state index contributed by atoms with van der Waals surface area (Å²) in [5.74, 6) is -1.18. The maximum Gasteiger partial charge on any atom is 0.341 e. The third-order valence-electron chi connectivity index (χ3n) is 3.27. The zero-order valence-corrected chi connectivity index (χ0v) is 14.0. The van der Waals surface area contributed by atoms with Crippen LogP contribution in [0.15, 0.2) is 54.6 Å². The summed E-state index contributed by atoms with van der Waals surface area (Å²) in [6.07, 6.45) is -0.319. The Kier molecular flexibility index (Phi) is 7.72. The van der Waals surface area contributed by atoms with E-state index in [0.29, 0.717) is 6.54 Å². The van der Waals surface area contributed by atoms with Gasteiger partial charge in [-0.05, 0) is 31.7 Å². The van der Waals surface area contributed by atoms with Gasteiger partial charge >= 0.3 is 5.97 Å². The first-order valence-corrected chi connectivity index (χ1v) is 7.24. The van der Waals surface area contributed by atoms with Gasteiger partial charge in [0.25, 0.3) is 0 Å². The van der Waals surface area contributed by atoms with E-state index in [1.807, 2.05) is 37.4 Å². The highest BCUT2D eigenvalue weighted by Crippen LogP contribution is 2.10. The Morgan fingerprint density at radius 3 is 2.39 bits per heavy atom. The third kappa shape index (κ3) is 6.00. The van der Waals surface area contributed by atoms with E-state index in [-0.39, 0.29) is 24.1 Å². The summed E-state index contributed by atoms with van der Waals surface area (Å²) >= 11 is 0. The number of carbonyl (C=O) groups excluding carboxylic acids is 1. The van der Waals surface area contributed by atoms with Crippen molar-refractivity contribution in [2.75, 3.05) is 13.6 Å². The van der Waals surface area contributed by atoms with Crippen LogP contribution < -0.4 is 12.4 Å². The van der Waals surface area contributed by atoms with Gasteiger partial charge in [0.1, 0.15) is 11.9 Å². The van der Waals surface area contributed by atoms with Crippen molar-refractivity contribution >= 4 is 5.97 Å². The molecule has 3 nitrogen and oxygen atoms in total. The monoisotopic (exact) mass is 336 g/mol. The predicted molar refractivity (Wildman–Crippen MR) is 84.1 cm³/mol. The van der Waals surface area contributed by atoms with Crippen LogP contribution in [-0.2, 0) is 11.3 Å². The largest absolute Gasteiger partial charge is 1.00 e. The summed E-state index contributed by atoms with van der Waals surface area (Å²) in [4.78, 5) is 14.0. The van der Waals surface area contributed by atoms with E-state index < -0.39 is 11.8 Å². The summed E-state index contributed by atoms with van der Waals surface area (Å²) in [5, 5.41) is 0. The fourth-order valence-electron chi connectivity index (χ4n) is 2.31. The van der Waals surface area contributed by atoms with E-state index in [1.165, 1.54) is 17.7 Å². The summed E-state index contributed by atoms with van der Waals surface area (Å²) in [7, 11) is 1.96. The van der Waals surface area contributed by atoms with Crippen molar-refractivity contribution in [2.45, 2.75) is 19.6 Å². The number of carbonyl (C=O) groups is 1. The van der Waals surface area contributed by atoms with Gasteiger partial charge in [-0.2, -0.15) is 0 Å². The number of esters is 1. The Morgan fingerprint density at radius 2 is 1.74 bits per heavy atom. The van der Waals surface area contributed by atoms with Crippen LogP contribution in [0.5, 0.6) is 0 Å². The molecule has 5 heteroatoms. The second kappa shape index (κ2) is 9.28. The SMILES string of the molecule is CC(CN(C)Cc1ccccc1)OC(=O)c1ccccc1F.[Cl-]. The smallest absolute Gasteiger partial charge is 0.341 e. The first-order valence-electron chi connectivity index (χ1n) is 7.24. The molecule has 0 spiro atoms. The highest BCUT2D eigenvalue weighted by Gasteiger charge is 2.16. The van der Waals surface area contributed by atoms with Crippen molar-refractivity contribution in [1.29, 1.82) is 0 Å². The van der Waals surface area contributed by atoms with Crippen LogP contribution in [0.2, 0.25) is 0 Å². The molecule has 0 amide bonds. The second-order valence-electron chi connectivity index (χ2n) is 5.38. The van der Waals surface area contributed by atoms with Gasteiger partial charge in [0.05, 0.1) is 5.56 Å². The molecular formula is C18H20ClFNO2-.